The molecule has 6 nitrogen and oxygen atoms in total. The highest BCUT2D eigenvalue weighted by molar-refractivity contribution is 5.92. The molecule has 0 radical (unpaired) electrons. The zero-order chi connectivity index (χ0) is 21.5. The molecule has 0 spiro atoms. The molecule has 3 aromatic rings. The molecule has 0 saturated heterocycles. The Kier molecular flexibility index (Phi) is 6.77. The highest BCUT2D eigenvalue weighted by atomic mass is 16.5. The SMILES string of the molecule is COc1ccc(-c2noc(CN(C(=O)/C=C/c3ccccc3)C3CCCCC3)n2)cc1. The smallest absolute Gasteiger partial charge is 0.247 e. The van der Waals surface area contributed by atoms with E-state index in [1.54, 1.807) is 13.2 Å². The highest BCUT2D eigenvalue weighted by Gasteiger charge is 2.26. The molecule has 6 heteroatoms. The second-order valence-corrected chi connectivity index (χ2v) is 7.74. The van der Waals surface area contributed by atoms with E-state index >= 15 is 0 Å². The van der Waals surface area contributed by atoms with Gasteiger partial charge in [-0.3, -0.25) is 4.79 Å². The Morgan fingerprint density at radius 1 is 1.10 bits per heavy atom. The molecule has 4 rings (SSSR count). The van der Waals surface area contributed by atoms with Gasteiger partial charge in [-0.05, 0) is 48.7 Å². The van der Waals surface area contributed by atoms with E-state index in [1.807, 2.05) is 65.6 Å². The number of carbonyl (C=O) groups excluding carboxylic acids is 1. The number of hydrogen-bond donors (Lipinski definition) is 0. The molecule has 2 aromatic carbocycles. The Labute approximate surface area is 182 Å². The number of methoxy groups -OCH3 is 1. The normalized spacial score (nSPS) is 14.6. The van der Waals surface area contributed by atoms with E-state index in [9.17, 15) is 4.79 Å². The Bertz CT molecular complexity index is 1010. The number of aromatic nitrogens is 2. The van der Waals surface area contributed by atoms with E-state index in [1.165, 1.54) is 6.42 Å². The van der Waals surface area contributed by atoms with Gasteiger partial charge in [0.2, 0.25) is 17.6 Å². The third kappa shape index (κ3) is 5.40. The number of carbonyl (C=O) groups is 1. The average Bonchev–Trinajstić information content (AvgIpc) is 3.31. The third-order valence-electron chi connectivity index (χ3n) is 5.64. The fraction of sp³-hybridized carbons (Fsp3) is 0.320. The maximum atomic E-state index is 13.1. The van der Waals surface area contributed by atoms with Crippen LogP contribution in [-0.4, -0.2) is 34.1 Å². The van der Waals surface area contributed by atoms with Crippen LogP contribution >= 0.6 is 0 Å². The monoisotopic (exact) mass is 417 g/mol. The molecule has 0 unspecified atom stereocenters. The van der Waals surface area contributed by atoms with Gasteiger partial charge in [0.25, 0.3) is 0 Å². The van der Waals surface area contributed by atoms with Gasteiger partial charge in [0.15, 0.2) is 0 Å². The topological polar surface area (TPSA) is 68.5 Å². The molecule has 1 heterocycles. The van der Waals surface area contributed by atoms with Gasteiger partial charge in [-0.25, -0.2) is 0 Å². The lowest BCUT2D eigenvalue weighted by Gasteiger charge is -2.32. The summed E-state index contributed by atoms with van der Waals surface area (Å²) in [5, 5.41) is 4.11. The van der Waals surface area contributed by atoms with Gasteiger partial charge in [-0.15, -0.1) is 0 Å². The van der Waals surface area contributed by atoms with Crippen molar-refractivity contribution in [3.05, 3.63) is 72.1 Å². The van der Waals surface area contributed by atoms with Gasteiger partial charge in [0.05, 0.1) is 7.11 Å². The summed E-state index contributed by atoms with van der Waals surface area (Å²) in [4.78, 5) is 19.5. The van der Waals surface area contributed by atoms with Gasteiger partial charge >= 0.3 is 0 Å². The predicted octanol–water partition coefficient (Wildman–Crippen LogP) is 5.12. The fourth-order valence-corrected chi connectivity index (χ4v) is 3.93. The molecular formula is C25H27N3O3. The van der Waals surface area contributed by atoms with Crippen molar-refractivity contribution in [3.63, 3.8) is 0 Å². The number of benzene rings is 2. The first-order valence-corrected chi connectivity index (χ1v) is 10.7. The summed E-state index contributed by atoms with van der Waals surface area (Å²) < 4.78 is 10.7. The number of ether oxygens (including phenoxy) is 1. The minimum absolute atomic E-state index is 0.0278. The molecule has 0 atom stereocenters. The van der Waals surface area contributed by atoms with E-state index in [2.05, 4.69) is 10.1 Å². The molecule has 1 aliphatic carbocycles. The first-order chi connectivity index (χ1) is 15.2. The summed E-state index contributed by atoms with van der Waals surface area (Å²) in [6.07, 6.45) is 9.00. The third-order valence-corrected chi connectivity index (χ3v) is 5.64. The van der Waals surface area contributed by atoms with Gasteiger partial charge in [0.1, 0.15) is 12.3 Å². The molecule has 0 aliphatic heterocycles. The van der Waals surface area contributed by atoms with Crippen molar-refractivity contribution >= 4 is 12.0 Å². The predicted molar refractivity (Wildman–Crippen MR) is 119 cm³/mol. The van der Waals surface area contributed by atoms with Gasteiger partial charge in [-0.2, -0.15) is 4.98 Å². The first-order valence-electron chi connectivity index (χ1n) is 10.7. The van der Waals surface area contributed by atoms with Crippen LogP contribution in [-0.2, 0) is 11.3 Å². The summed E-state index contributed by atoms with van der Waals surface area (Å²) in [5.74, 6) is 1.69. The van der Waals surface area contributed by atoms with Crippen LogP contribution < -0.4 is 4.74 Å². The van der Waals surface area contributed by atoms with Crippen molar-refractivity contribution < 1.29 is 14.1 Å². The molecule has 1 fully saturated rings. The fourth-order valence-electron chi connectivity index (χ4n) is 3.93. The van der Waals surface area contributed by atoms with Gasteiger partial charge in [0, 0.05) is 17.7 Å². The Morgan fingerprint density at radius 3 is 2.55 bits per heavy atom. The molecule has 1 saturated carbocycles. The molecule has 1 amide bonds. The van der Waals surface area contributed by atoms with Crippen molar-refractivity contribution in [2.75, 3.05) is 7.11 Å². The Balaban J connectivity index is 1.51. The standard InChI is InChI=1S/C25H27N3O3/c1-30-22-15-13-20(14-16-22)25-26-23(31-27-25)18-28(21-10-6-3-7-11-21)24(29)17-12-19-8-4-2-5-9-19/h2,4-5,8-9,12-17,21H,3,6-7,10-11,18H2,1H3/b17-12+. The van der Waals surface area contributed by atoms with Crippen LogP contribution in [0, 0.1) is 0 Å². The number of hydrogen-bond acceptors (Lipinski definition) is 5. The van der Waals surface area contributed by atoms with E-state index in [0.29, 0.717) is 18.3 Å². The van der Waals surface area contributed by atoms with Gasteiger partial charge in [-0.1, -0.05) is 54.8 Å². The van der Waals surface area contributed by atoms with Crippen molar-refractivity contribution in [2.45, 2.75) is 44.7 Å². The first kappa shape index (κ1) is 20.8. The molecule has 1 aliphatic rings. The molecule has 0 N–H and O–H groups in total. The molecule has 160 valence electrons. The van der Waals surface area contributed by atoms with Crippen molar-refractivity contribution in [3.8, 4) is 17.1 Å². The van der Waals surface area contributed by atoms with Crippen LogP contribution in [0.25, 0.3) is 17.5 Å². The van der Waals surface area contributed by atoms with E-state index in [4.69, 9.17) is 9.26 Å². The van der Waals surface area contributed by atoms with Crippen LogP contribution in [0.5, 0.6) is 5.75 Å². The van der Waals surface area contributed by atoms with E-state index in [-0.39, 0.29) is 11.9 Å². The lowest BCUT2D eigenvalue weighted by Crippen LogP contribution is -2.40. The second kappa shape index (κ2) is 10.1. The summed E-state index contributed by atoms with van der Waals surface area (Å²) in [7, 11) is 1.63. The maximum absolute atomic E-state index is 13.1. The summed E-state index contributed by atoms with van der Waals surface area (Å²) in [5.41, 5.74) is 1.84. The molecule has 1 aromatic heterocycles. The number of amides is 1. The van der Waals surface area contributed by atoms with Crippen molar-refractivity contribution in [2.24, 2.45) is 0 Å². The highest BCUT2D eigenvalue weighted by Crippen LogP contribution is 2.25. The van der Waals surface area contributed by atoms with E-state index < -0.39 is 0 Å². The minimum atomic E-state index is -0.0278. The van der Waals surface area contributed by atoms with Gasteiger partial charge < -0.3 is 14.2 Å². The quantitative estimate of drug-likeness (QED) is 0.499. The summed E-state index contributed by atoms with van der Waals surface area (Å²) in [6.45, 7) is 0.311. The average molecular weight is 418 g/mol. The van der Waals surface area contributed by atoms with Crippen molar-refractivity contribution in [1.29, 1.82) is 0 Å². The Hall–Kier alpha value is -3.41. The molecule has 31 heavy (non-hydrogen) atoms. The lowest BCUT2D eigenvalue weighted by atomic mass is 9.94. The molecular weight excluding hydrogens is 390 g/mol. The van der Waals surface area contributed by atoms with Crippen molar-refractivity contribution in [1.82, 2.24) is 15.0 Å². The summed E-state index contributed by atoms with van der Waals surface area (Å²) >= 11 is 0. The zero-order valence-corrected chi connectivity index (χ0v) is 17.7. The summed E-state index contributed by atoms with van der Waals surface area (Å²) in [6, 6.07) is 17.5. The van der Waals surface area contributed by atoms with Crippen LogP contribution in [0.15, 0.2) is 65.2 Å². The minimum Gasteiger partial charge on any atom is -0.497 e. The number of rotatable bonds is 7. The van der Waals surface area contributed by atoms with Crippen LogP contribution in [0.4, 0.5) is 0 Å². The maximum Gasteiger partial charge on any atom is 0.247 e. The second-order valence-electron chi connectivity index (χ2n) is 7.74. The Morgan fingerprint density at radius 2 is 1.84 bits per heavy atom. The zero-order valence-electron chi connectivity index (χ0n) is 17.7. The molecule has 0 bridgehead atoms. The van der Waals surface area contributed by atoms with E-state index in [0.717, 1.165) is 42.6 Å². The van der Waals surface area contributed by atoms with Crippen LogP contribution in [0.1, 0.15) is 43.6 Å². The van der Waals surface area contributed by atoms with Crippen LogP contribution in [0.3, 0.4) is 0 Å². The number of nitrogens with zero attached hydrogens (tertiary/aromatic N) is 3. The largest absolute Gasteiger partial charge is 0.497 e. The van der Waals surface area contributed by atoms with Crippen LogP contribution in [0.2, 0.25) is 0 Å². The lowest BCUT2D eigenvalue weighted by molar-refractivity contribution is -0.130.